The zero-order chi connectivity index (χ0) is 21.6. The zero-order valence-corrected chi connectivity index (χ0v) is 17.3. The van der Waals surface area contributed by atoms with Gasteiger partial charge in [0.15, 0.2) is 11.5 Å². The third kappa shape index (κ3) is 3.64. The Morgan fingerprint density at radius 2 is 2.00 bits per heavy atom. The third-order valence-electron chi connectivity index (χ3n) is 4.83. The van der Waals surface area contributed by atoms with Gasteiger partial charge in [-0.05, 0) is 55.7 Å². The number of amides is 2. The normalized spacial score (nSPS) is 14.4. The number of pyridine rings is 1. The molecule has 3 N–H and O–H groups in total. The summed E-state index contributed by atoms with van der Waals surface area (Å²) in [4.78, 5) is 29.1. The summed E-state index contributed by atoms with van der Waals surface area (Å²) in [5.74, 6) is -1.20. The molecule has 2 amide bonds. The number of rotatable bonds is 5. The third-order valence-corrected chi connectivity index (χ3v) is 5.35. The van der Waals surface area contributed by atoms with E-state index in [4.69, 9.17) is 28.9 Å². The zero-order valence-electron chi connectivity index (χ0n) is 15.7. The molecular weight excluding hydrogens is 432 g/mol. The number of primary amides is 1. The second kappa shape index (κ2) is 7.37. The van der Waals surface area contributed by atoms with Crippen molar-refractivity contribution in [1.82, 2.24) is 14.8 Å². The van der Waals surface area contributed by atoms with E-state index >= 15 is 0 Å². The van der Waals surface area contributed by atoms with E-state index in [-0.39, 0.29) is 33.5 Å². The Morgan fingerprint density at radius 3 is 2.63 bits per heavy atom. The molecule has 10 heteroatoms. The topological polar surface area (TPSA) is 103 Å². The molecule has 154 valence electrons. The van der Waals surface area contributed by atoms with Gasteiger partial charge in [0, 0.05) is 11.2 Å². The Morgan fingerprint density at radius 1 is 1.27 bits per heavy atom. The smallest absolute Gasteiger partial charge is 0.274 e. The largest absolute Gasteiger partial charge is 0.366 e. The van der Waals surface area contributed by atoms with E-state index in [9.17, 15) is 14.0 Å². The molecule has 2 aromatic heterocycles. The minimum atomic E-state index is -1.57. The van der Waals surface area contributed by atoms with Crippen LogP contribution in [0.5, 0.6) is 0 Å². The highest BCUT2D eigenvalue weighted by molar-refractivity contribution is 6.32. The number of carbonyl (C=O) groups is 2. The molecule has 3 aromatic rings. The number of carbonyl (C=O) groups excluding carboxylic acids is 2. The lowest BCUT2D eigenvalue weighted by Gasteiger charge is -2.13. The van der Waals surface area contributed by atoms with Crippen molar-refractivity contribution in [2.24, 2.45) is 5.73 Å². The predicted molar refractivity (Wildman–Crippen MR) is 111 cm³/mol. The first-order valence-corrected chi connectivity index (χ1v) is 9.77. The molecule has 7 nitrogen and oxygen atoms in total. The van der Waals surface area contributed by atoms with Gasteiger partial charge in [0.25, 0.3) is 11.8 Å². The van der Waals surface area contributed by atoms with E-state index in [0.29, 0.717) is 23.4 Å². The van der Waals surface area contributed by atoms with Crippen LogP contribution >= 0.6 is 23.2 Å². The minimum absolute atomic E-state index is 0.0132. The quantitative estimate of drug-likeness (QED) is 0.611. The van der Waals surface area contributed by atoms with Gasteiger partial charge in [-0.3, -0.25) is 9.59 Å². The number of aryl methyl sites for hydroxylation is 1. The van der Waals surface area contributed by atoms with Crippen LogP contribution in [0, 0.1) is 6.92 Å². The Bertz CT molecular complexity index is 1190. The average Bonchev–Trinajstić information content (AvgIpc) is 3.27. The van der Waals surface area contributed by atoms with Crippen LogP contribution in [-0.2, 0) is 5.67 Å². The highest BCUT2D eigenvalue weighted by atomic mass is 35.5. The van der Waals surface area contributed by atoms with Crippen LogP contribution in [0.3, 0.4) is 0 Å². The summed E-state index contributed by atoms with van der Waals surface area (Å²) in [6, 6.07) is 7.53. The van der Waals surface area contributed by atoms with E-state index in [1.807, 2.05) is 0 Å². The van der Waals surface area contributed by atoms with Crippen LogP contribution in [0.4, 0.5) is 10.1 Å². The van der Waals surface area contributed by atoms with Crippen LogP contribution in [0.1, 0.15) is 44.9 Å². The van der Waals surface area contributed by atoms with E-state index in [2.05, 4.69) is 15.4 Å². The first-order valence-electron chi connectivity index (χ1n) is 9.01. The SMILES string of the molecule is Cc1cc(Cl)cc(C(N)=O)c1NC(=O)c1cc(C2(F)CC2)nn1-c1ncccc1Cl. The van der Waals surface area contributed by atoms with Crippen molar-refractivity contribution in [1.29, 1.82) is 0 Å². The second-order valence-corrected chi connectivity index (χ2v) is 7.91. The van der Waals surface area contributed by atoms with Gasteiger partial charge < -0.3 is 11.1 Å². The van der Waals surface area contributed by atoms with Crippen LogP contribution in [0.25, 0.3) is 5.82 Å². The maximum atomic E-state index is 14.7. The summed E-state index contributed by atoms with van der Waals surface area (Å²) in [6.45, 7) is 1.67. The molecule has 0 bridgehead atoms. The number of alkyl halides is 1. The summed E-state index contributed by atoms with van der Waals surface area (Å²) in [5, 5.41) is 7.47. The van der Waals surface area contributed by atoms with Crippen molar-refractivity contribution < 1.29 is 14.0 Å². The number of nitrogens with two attached hydrogens (primary N) is 1. The van der Waals surface area contributed by atoms with Crippen molar-refractivity contribution in [3.05, 3.63) is 69.1 Å². The van der Waals surface area contributed by atoms with Gasteiger partial charge in [-0.2, -0.15) is 5.10 Å². The molecule has 0 radical (unpaired) electrons. The molecule has 4 rings (SSSR count). The Kier molecular flexibility index (Phi) is 4.99. The average molecular weight is 448 g/mol. The number of hydrogen-bond acceptors (Lipinski definition) is 4. The van der Waals surface area contributed by atoms with Gasteiger partial charge >= 0.3 is 0 Å². The number of anilines is 1. The fraction of sp³-hybridized carbons (Fsp3) is 0.200. The van der Waals surface area contributed by atoms with Crippen LogP contribution in [0.15, 0.2) is 36.5 Å². The summed E-state index contributed by atoms with van der Waals surface area (Å²) < 4.78 is 15.9. The number of nitrogens with one attached hydrogen (secondary N) is 1. The van der Waals surface area contributed by atoms with E-state index < -0.39 is 17.5 Å². The first kappa shape index (κ1) is 20.3. The van der Waals surface area contributed by atoms with Gasteiger partial charge in [0.2, 0.25) is 0 Å². The molecular formula is C20H16Cl2FN5O2. The molecule has 1 aromatic carbocycles. The Hall–Kier alpha value is -2.97. The molecule has 1 saturated carbocycles. The Balaban J connectivity index is 1.80. The van der Waals surface area contributed by atoms with Crippen molar-refractivity contribution in [3.8, 4) is 5.82 Å². The van der Waals surface area contributed by atoms with E-state index in [1.165, 1.54) is 23.0 Å². The number of nitrogens with zero attached hydrogens (tertiary/aromatic N) is 3. The van der Waals surface area contributed by atoms with Crippen LogP contribution in [-0.4, -0.2) is 26.6 Å². The fourth-order valence-corrected chi connectivity index (χ4v) is 3.58. The Labute approximate surface area is 181 Å². The molecule has 0 aliphatic heterocycles. The maximum Gasteiger partial charge on any atom is 0.274 e. The van der Waals surface area contributed by atoms with Gasteiger partial charge in [-0.25, -0.2) is 14.1 Å². The van der Waals surface area contributed by atoms with Gasteiger partial charge in [0.1, 0.15) is 11.4 Å². The summed E-state index contributed by atoms with van der Waals surface area (Å²) in [7, 11) is 0. The molecule has 30 heavy (non-hydrogen) atoms. The number of benzene rings is 1. The molecule has 1 aliphatic carbocycles. The summed E-state index contributed by atoms with van der Waals surface area (Å²) in [6.07, 6.45) is 2.13. The van der Waals surface area contributed by atoms with Gasteiger partial charge in [-0.1, -0.05) is 23.2 Å². The monoisotopic (exact) mass is 447 g/mol. The highest BCUT2D eigenvalue weighted by Crippen LogP contribution is 2.49. The number of hydrogen-bond donors (Lipinski definition) is 2. The minimum Gasteiger partial charge on any atom is -0.366 e. The first-order chi connectivity index (χ1) is 14.2. The van der Waals surface area contributed by atoms with Crippen molar-refractivity contribution in [2.75, 3.05) is 5.32 Å². The van der Waals surface area contributed by atoms with Gasteiger partial charge in [-0.15, -0.1) is 0 Å². The predicted octanol–water partition coefficient (Wildman–Crippen LogP) is 4.19. The van der Waals surface area contributed by atoms with Gasteiger partial charge in [0.05, 0.1) is 16.3 Å². The number of halogens is 3. The highest BCUT2D eigenvalue weighted by Gasteiger charge is 2.48. The molecule has 0 spiro atoms. The lowest BCUT2D eigenvalue weighted by Crippen LogP contribution is -2.21. The van der Waals surface area contributed by atoms with Crippen LogP contribution < -0.4 is 11.1 Å². The maximum absolute atomic E-state index is 14.7. The molecule has 1 fully saturated rings. The molecule has 0 saturated heterocycles. The van der Waals surface area contributed by atoms with Crippen molar-refractivity contribution in [3.63, 3.8) is 0 Å². The second-order valence-electron chi connectivity index (χ2n) is 7.06. The number of aromatic nitrogens is 3. The van der Waals surface area contributed by atoms with Crippen LogP contribution in [0.2, 0.25) is 10.0 Å². The molecule has 2 heterocycles. The molecule has 0 atom stereocenters. The van der Waals surface area contributed by atoms with Crippen molar-refractivity contribution in [2.45, 2.75) is 25.4 Å². The van der Waals surface area contributed by atoms with Crippen molar-refractivity contribution >= 4 is 40.7 Å². The summed E-state index contributed by atoms with van der Waals surface area (Å²) in [5.41, 5.74) is 4.80. The molecule has 0 unspecified atom stereocenters. The van der Waals surface area contributed by atoms with E-state index in [0.717, 1.165) is 0 Å². The fourth-order valence-electron chi connectivity index (χ4n) is 3.10. The lowest BCUT2D eigenvalue weighted by atomic mass is 10.1. The standard InChI is InChI=1S/C20H16Cl2FN5O2/c1-10-7-11(21)8-12(17(24)29)16(10)26-19(30)14-9-15(20(23)4-5-20)27-28(14)18-13(22)3-2-6-25-18/h2-3,6-9H,4-5H2,1H3,(H2,24,29)(H,26,30). The lowest BCUT2D eigenvalue weighted by molar-refractivity contribution is 0.100. The van der Waals surface area contributed by atoms with E-state index in [1.54, 1.807) is 25.1 Å². The summed E-state index contributed by atoms with van der Waals surface area (Å²) >= 11 is 12.2. The molecule has 1 aliphatic rings.